The molecule has 1 aromatic carbocycles. The summed E-state index contributed by atoms with van der Waals surface area (Å²) < 4.78 is 24.8. The highest BCUT2D eigenvalue weighted by Crippen LogP contribution is 2.40. The highest BCUT2D eigenvalue weighted by Gasteiger charge is 2.40. The molecule has 1 N–H and O–H groups in total. The van der Waals surface area contributed by atoms with Gasteiger partial charge >= 0.3 is 0 Å². The SMILES string of the molecule is O=S1(=O)CCC(O)(Cc2ccc(Cl)s2)c2ccccc21. The lowest BCUT2D eigenvalue weighted by atomic mass is 9.87. The van der Waals surface area contributed by atoms with E-state index in [1.165, 1.54) is 11.3 Å². The maximum absolute atomic E-state index is 12.1. The fourth-order valence-corrected chi connectivity index (χ4v) is 5.49. The molecule has 20 heavy (non-hydrogen) atoms. The second-order valence-electron chi connectivity index (χ2n) is 4.98. The smallest absolute Gasteiger partial charge is 0.178 e. The predicted octanol–water partition coefficient (Wildman–Crippen LogP) is 3.01. The maximum atomic E-state index is 12.1. The van der Waals surface area contributed by atoms with Gasteiger partial charge in [0.05, 0.1) is 20.6 Å². The highest BCUT2D eigenvalue weighted by molar-refractivity contribution is 7.91. The van der Waals surface area contributed by atoms with Crippen LogP contribution >= 0.6 is 22.9 Å². The lowest BCUT2D eigenvalue weighted by Gasteiger charge is -2.34. The lowest BCUT2D eigenvalue weighted by Crippen LogP contribution is -2.37. The summed E-state index contributed by atoms with van der Waals surface area (Å²) in [6, 6.07) is 10.4. The minimum absolute atomic E-state index is 0.0282. The van der Waals surface area contributed by atoms with Gasteiger partial charge in [0.1, 0.15) is 0 Å². The Labute approximate surface area is 126 Å². The van der Waals surface area contributed by atoms with E-state index in [1.54, 1.807) is 30.3 Å². The van der Waals surface area contributed by atoms with Crippen molar-refractivity contribution >= 4 is 32.8 Å². The number of thiophene rings is 1. The van der Waals surface area contributed by atoms with Gasteiger partial charge in [0, 0.05) is 16.9 Å². The van der Waals surface area contributed by atoms with Crippen LogP contribution in [0.1, 0.15) is 16.9 Å². The number of sulfone groups is 1. The Balaban J connectivity index is 2.06. The lowest BCUT2D eigenvalue weighted by molar-refractivity contribution is 0.0291. The Morgan fingerprint density at radius 1 is 1.25 bits per heavy atom. The quantitative estimate of drug-likeness (QED) is 0.922. The van der Waals surface area contributed by atoms with Crippen LogP contribution in [0.2, 0.25) is 4.34 Å². The Bertz CT molecular complexity index is 751. The molecule has 1 atom stereocenters. The second kappa shape index (κ2) is 4.84. The second-order valence-corrected chi connectivity index (χ2v) is 8.86. The van der Waals surface area contributed by atoms with Crippen molar-refractivity contribution in [3.05, 3.63) is 51.2 Å². The minimum atomic E-state index is -3.28. The van der Waals surface area contributed by atoms with Crippen LogP contribution in [-0.4, -0.2) is 19.3 Å². The number of hydrogen-bond acceptors (Lipinski definition) is 4. The first-order valence-electron chi connectivity index (χ1n) is 6.20. The van der Waals surface area contributed by atoms with Gasteiger partial charge < -0.3 is 5.11 Å². The van der Waals surface area contributed by atoms with E-state index < -0.39 is 15.4 Å². The van der Waals surface area contributed by atoms with E-state index in [0.717, 1.165) is 4.88 Å². The van der Waals surface area contributed by atoms with Crippen LogP contribution in [0.4, 0.5) is 0 Å². The molecule has 1 aromatic heterocycles. The van der Waals surface area contributed by atoms with Crippen LogP contribution in [0.25, 0.3) is 0 Å². The average molecular weight is 329 g/mol. The van der Waals surface area contributed by atoms with Crippen molar-refractivity contribution in [2.45, 2.75) is 23.3 Å². The number of aliphatic hydroxyl groups is 1. The first kappa shape index (κ1) is 14.1. The van der Waals surface area contributed by atoms with Crippen LogP contribution in [0.15, 0.2) is 41.3 Å². The van der Waals surface area contributed by atoms with E-state index in [4.69, 9.17) is 11.6 Å². The Morgan fingerprint density at radius 3 is 2.70 bits per heavy atom. The molecule has 0 amide bonds. The van der Waals surface area contributed by atoms with E-state index in [0.29, 0.717) is 16.3 Å². The van der Waals surface area contributed by atoms with Crippen molar-refractivity contribution in [3.8, 4) is 0 Å². The van der Waals surface area contributed by atoms with Gasteiger partial charge in [-0.25, -0.2) is 8.42 Å². The minimum Gasteiger partial charge on any atom is -0.385 e. The van der Waals surface area contributed by atoms with E-state index in [2.05, 4.69) is 0 Å². The van der Waals surface area contributed by atoms with Crippen molar-refractivity contribution in [1.82, 2.24) is 0 Å². The van der Waals surface area contributed by atoms with Crippen LogP contribution in [0.5, 0.6) is 0 Å². The molecule has 0 aliphatic carbocycles. The molecule has 0 radical (unpaired) electrons. The first-order valence-corrected chi connectivity index (χ1v) is 9.04. The molecule has 0 bridgehead atoms. The molecular weight excluding hydrogens is 316 g/mol. The van der Waals surface area contributed by atoms with Crippen molar-refractivity contribution in [1.29, 1.82) is 0 Å². The van der Waals surface area contributed by atoms with Gasteiger partial charge in [0.2, 0.25) is 0 Å². The fraction of sp³-hybridized carbons (Fsp3) is 0.286. The van der Waals surface area contributed by atoms with Crippen LogP contribution in [0, 0.1) is 0 Å². The molecule has 1 aliphatic rings. The van der Waals surface area contributed by atoms with E-state index in [9.17, 15) is 13.5 Å². The Hall–Kier alpha value is -0.880. The van der Waals surface area contributed by atoms with Gasteiger partial charge in [-0.3, -0.25) is 0 Å². The zero-order valence-corrected chi connectivity index (χ0v) is 12.9. The molecular formula is C14H13ClO3S2. The summed E-state index contributed by atoms with van der Waals surface area (Å²) in [5.74, 6) is -0.0282. The molecule has 0 fully saturated rings. The zero-order chi connectivity index (χ0) is 14.4. The molecule has 2 heterocycles. The van der Waals surface area contributed by atoms with Crippen LogP contribution in [0.3, 0.4) is 0 Å². The third-order valence-electron chi connectivity index (χ3n) is 3.60. The van der Waals surface area contributed by atoms with Gasteiger partial charge in [-0.2, -0.15) is 0 Å². The molecule has 1 aliphatic heterocycles. The summed E-state index contributed by atoms with van der Waals surface area (Å²) in [5, 5.41) is 10.9. The molecule has 106 valence electrons. The van der Waals surface area contributed by atoms with E-state index >= 15 is 0 Å². The summed E-state index contributed by atoms with van der Waals surface area (Å²) in [7, 11) is -3.28. The third-order valence-corrected chi connectivity index (χ3v) is 6.60. The topological polar surface area (TPSA) is 54.4 Å². The number of rotatable bonds is 2. The summed E-state index contributed by atoms with van der Waals surface area (Å²) in [4.78, 5) is 1.20. The fourth-order valence-electron chi connectivity index (χ4n) is 2.59. The van der Waals surface area contributed by atoms with Gasteiger partial charge in [0.15, 0.2) is 9.84 Å². The third kappa shape index (κ3) is 2.39. The molecule has 3 rings (SSSR count). The summed E-state index contributed by atoms with van der Waals surface area (Å²) in [6.07, 6.45) is 0.596. The number of hydrogen-bond donors (Lipinski definition) is 1. The van der Waals surface area contributed by atoms with Gasteiger partial charge in [-0.15, -0.1) is 11.3 Å². The normalized spacial score (nSPS) is 24.3. The average Bonchev–Trinajstić information content (AvgIpc) is 2.81. The van der Waals surface area contributed by atoms with Crippen LogP contribution in [-0.2, 0) is 21.9 Å². The monoisotopic (exact) mass is 328 g/mol. The van der Waals surface area contributed by atoms with Crippen molar-refractivity contribution < 1.29 is 13.5 Å². The number of halogens is 1. The molecule has 2 aromatic rings. The van der Waals surface area contributed by atoms with E-state index in [-0.39, 0.29) is 17.1 Å². The number of benzene rings is 1. The van der Waals surface area contributed by atoms with Gasteiger partial charge in [0.25, 0.3) is 0 Å². The van der Waals surface area contributed by atoms with Crippen molar-refractivity contribution in [2.24, 2.45) is 0 Å². The predicted molar refractivity (Wildman–Crippen MR) is 80.0 cm³/mol. The molecule has 6 heteroatoms. The standard InChI is InChI=1S/C14H13ClO3S2/c15-13-6-5-10(19-13)9-14(16)7-8-20(17,18)12-4-2-1-3-11(12)14/h1-6,16H,7-9H2. The summed E-state index contributed by atoms with van der Waals surface area (Å²) in [5.41, 5.74) is -0.647. The van der Waals surface area contributed by atoms with Gasteiger partial charge in [-0.1, -0.05) is 29.8 Å². The molecule has 3 nitrogen and oxygen atoms in total. The molecule has 0 spiro atoms. The molecule has 0 saturated heterocycles. The zero-order valence-electron chi connectivity index (χ0n) is 10.5. The van der Waals surface area contributed by atoms with E-state index in [1.807, 2.05) is 6.07 Å². The summed E-state index contributed by atoms with van der Waals surface area (Å²) in [6.45, 7) is 0. The Kier molecular flexibility index (Phi) is 3.41. The highest BCUT2D eigenvalue weighted by atomic mass is 35.5. The largest absolute Gasteiger partial charge is 0.385 e. The first-order chi connectivity index (χ1) is 9.41. The van der Waals surface area contributed by atoms with Crippen molar-refractivity contribution in [3.63, 3.8) is 0 Å². The molecule has 0 saturated carbocycles. The molecule has 1 unspecified atom stereocenters. The Morgan fingerprint density at radius 2 is 2.00 bits per heavy atom. The summed E-state index contributed by atoms with van der Waals surface area (Å²) >= 11 is 7.32. The van der Waals surface area contributed by atoms with Crippen LogP contribution < -0.4 is 0 Å². The van der Waals surface area contributed by atoms with Gasteiger partial charge in [-0.05, 0) is 24.6 Å². The number of fused-ring (bicyclic) bond motifs is 1. The van der Waals surface area contributed by atoms with Crippen molar-refractivity contribution in [2.75, 3.05) is 5.75 Å². The maximum Gasteiger partial charge on any atom is 0.178 e.